The minimum absolute atomic E-state index is 0.260. The van der Waals surface area contributed by atoms with E-state index in [1.165, 1.54) is 11.3 Å². The van der Waals surface area contributed by atoms with Crippen LogP contribution in [-0.2, 0) is 4.74 Å². The molecule has 1 saturated heterocycles. The van der Waals surface area contributed by atoms with Crippen molar-refractivity contribution in [3.05, 3.63) is 29.8 Å². The third-order valence-corrected chi connectivity index (χ3v) is 3.94. The first-order chi connectivity index (χ1) is 8.40. The van der Waals surface area contributed by atoms with Crippen LogP contribution in [0.2, 0.25) is 0 Å². The van der Waals surface area contributed by atoms with E-state index in [0.29, 0.717) is 12.0 Å². The fourth-order valence-corrected chi connectivity index (χ4v) is 3.12. The molecule has 1 aromatic rings. The summed E-state index contributed by atoms with van der Waals surface area (Å²) in [4.78, 5) is 0. The zero-order valence-electron chi connectivity index (χ0n) is 9.93. The first-order valence-corrected chi connectivity index (χ1v) is 6.48. The Kier molecular flexibility index (Phi) is 3.04. The zero-order chi connectivity index (χ0) is 11.7. The summed E-state index contributed by atoms with van der Waals surface area (Å²) in [6, 6.07) is 8.87. The molecule has 92 valence electrons. The van der Waals surface area contributed by atoms with E-state index in [0.717, 1.165) is 25.9 Å². The molecule has 2 N–H and O–H groups in total. The Morgan fingerprint density at radius 2 is 2.24 bits per heavy atom. The van der Waals surface area contributed by atoms with Gasteiger partial charge >= 0.3 is 0 Å². The van der Waals surface area contributed by atoms with Crippen LogP contribution in [0.3, 0.4) is 0 Å². The molecule has 0 aromatic heterocycles. The van der Waals surface area contributed by atoms with Crippen LogP contribution in [0, 0.1) is 5.92 Å². The van der Waals surface area contributed by atoms with Crippen molar-refractivity contribution in [3.8, 4) is 0 Å². The molecule has 0 aliphatic carbocycles. The Balaban J connectivity index is 1.87. The summed E-state index contributed by atoms with van der Waals surface area (Å²) in [6.07, 6.45) is 3.27. The number of rotatable bonds is 3. The van der Waals surface area contributed by atoms with Gasteiger partial charge in [-0.3, -0.25) is 0 Å². The minimum atomic E-state index is 0.260. The van der Waals surface area contributed by atoms with Crippen molar-refractivity contribution >= 4 is 5.69 Å². The number of nitrogens with one attached hydrogen (secondary N) is 1. The van der Waals surface area contributed by atoms with Gasteiger partial charge in [-0.1, -0.05) is 18.2 Å². The van der Waals surface area contributed by atoms with Gasteiger partial charge in [0, 0.05) is 36.4 Å². The summed E-state index contributed by atoms with van der Waals surface area (Å²) in [5.74, 6) is 0.566. The molecule has 3 atom stereocenters. The number of anilines is 1. The van der Waals surface area contributed by atoms with E-state index in [1.807, 2.05) is 0 Å². The van der Waals surface area contributed by atoms with E-state index in [4.69, 9.17) is 9.84 Å². The molecule has 17 heavy (non-hydrogen) atoms. The maximum Gasteiger partial charge on any atom is 0.0893 e. The Labute approximate surface area is 102 Å². The number of aliphatic hydroxyl groups is 1. The summed E-state index contributed by atoms with van der Waals surface area (Å²) in [5.41, 5.74) is 2.51. The van der Waals surface area contributed by atoms with Crippen LogP contribution in [0.4, 0.5) is 5.69 Å². The van der Waals surface area contributed by atoms with Gasteiger partial charge in [0.05, 0.1) is 6.10 Å². The van der Waals surface area contributed by atoms with Crippen LogP contribution in [0.1, 0.15) is 30.9 Å². The lowest BCUT2D eigenvalue weighted by Gasteiger charge is -2.36. The molecule has 0 bridgehead atoms. The van der Waals surface area contributed by atoms with Crippen LogP contribution in [0.5, 0.6) is 0 Å². The molecule has 3 heteroatoms. The molecule has 3 rings (SSSR count). The van der Waals surface area contributed by atoms with Gasteiger partial charge in [-0.2, -0.15) is 0 Å². The largest absolute Gasteiger partial charge is 0.396 e. The topological polar surface area (TPSA) is 41.5 Å². The van der Waals surface area contributed by atoms with Gasteiger partial charge in [-0.05, 0) is 25.3 Å². The molecular formula is C14H19NO2. The average Bonchev–Trinajstić information content (AvgIpc) is 2.85. The smallest absolute Gasteiger partial charge is 0.0893 e. The monoisotopic (exact) mass is 233 g/mol. The molecule has 0 saturated carbocycles. The van der Waals surface area contributed by atoms with E-state index in [9.17, 15) is 0 Å². The lowest BCUT2D eigenvalue weighted by Crippen LogP contribution is -2.36. The summed E-state index contributed by atoms with van der Waals surface area (Å²) in [6.45, 7) is 1.14. The lowest BCUT2D eigenvalue weighted by molar-refractivity contribution is 0.0813. The summed E-state index contributed by atoms with van der Waals surface area (Å²) >= 11 is 0. The van der Waals surface area contributed by atoms with Crippen LogP contribution < -0.4 is 5.32 Å². The highest BCUT2D eigenvalue weighted by molar-refractivity contribution is 5.55. The highest BCUT2D eigenvalue weighted by Gasteiger charge is 2.39. The van der Waals surface area contributed by atoms with Crippen LogP contribution in [0.15, 0.2) is 24.3 Å². The molecule has 0 radical (unpaired) electrons. The second kappa shape index (κ2) is 4.67. The third-order valence-electron chi connectivity index (χ3n) is 3.94. The van der Waals surface area contributed by atoms with E-state index in [2.05, 4.69) is 29.6 Å². The van der Waals surface area contributed by atoms with E-state index in [-0.39, 0.29) is 12.7 Å². The van der Waals surface area contributed by atoms with Crippen molar-refractivity contribution in [3.63, 3.8) is 0 Å². The minimum Gasteiger partial charge on any atom is -0.396 e. The first kappa shape index (κ1) is 11.1. The normalized spacial score (nSPS) is 30.5. The Morgan fingerprint density at radius 1 is 1.35 bits per heavy atom. The molecule has 2 aliphatic rings. The molecule has 2 heterocycles. The van der Waals surface area contributed by atoms with Crippen molar-refractivity contribution in [1.29, 1.82) is 0 Å². The standard InChI is InChI=1S/C14H19NO2/c16-8-3-6-13-11-7-9-17-14(11)10-4-1-2-5-12(10)15-13/h1-2,4-5,11,13-16H,3,6-9H2/t11-,13-,14+/m0/s1. The van der Waals surface area contributed by atoms with E-state index < -0.39 is 0 Å². The second-order valence-electron chi connectivity index (χ2n) is 4.95. The SMILES string of the molecule is OCCC[C@@H]1Nc2ccccc2[C@H]2OCC[C@@H]12. The molecule has 2 aliphatic heterocycles. The third kappa shape index (κ3) is 1.94. The molecular weight excluding hydrogens is 214 g/mol. The molecule has 1 fully saturated rings. The maximum absolute atomic E-state index is 8.97. The van der Waals surface area contributed by atoms with Gasteiger partial charge in [0.1, 0.15) is 0 Å². The van der Waals surface area contributed by atoms with Gasteiger partial charge in [0.15, 0.2) is 0 Å². The summed E-state index contributed by atoms with van der Waals surface area (Å²) < 4.78 is 5.89. The van der Waals surface area contributed by atoms with Crippen molar-refractivity contribution in [2.24, 2.45) is 5.92 Å². The van der Waals surface area contributed by atoms with Crippen molar-refractivity contribution < 1.29 is 9.84 Å². The van der Waals surface area contributed by atoms with Gasteiger partial charge < -0.3 is 15.2 Å². The number of hydrogen-bond acceptors (Lipinski definition) is 3. The highest BCUT2D eigenvalue weighted by atomic mass is 16.5. The van der Waals surface area contributed by atoms with Crippen LogP contribution in [0.25, 0.3) is 0 Å². The second-order valence-corrected chi connectivity index (χ2v) is 4.95. The van der Waals surface area contributed by atoms with Gasteiger partial charge in [0.2, 0.25) is 0 Å². The molecule has 0 unspecified atom stereocenters. The number of hydrogen-bond donors (Lipinski definition) is 2. The maximum atomic E-state index is 8.97. The van der Waals surface area contributed by atoms with Gasteiger partial charge in [-0.15, -0.1) is 0 Å². The van der Waals surface area contributed by atoms with Crippen molar-refractivity contribution in [2.45, 2.75) is 31.4 Å². The molecule has 1 aromatic carbocycles. The quantitative estimate of drug-likeness (QED) is 0.842. The Hall–Kier alpha value is -1.06. The first-order valence-electron chi connectivity index (χ1n) is 6.48. The predicted molar refractivity (Wildman–Crippen MR) is 67.0 cm³/mol. The van der Waals surface area contributed by atoms with E-state index >= 15 is 0 Å². The summed E-state index contributed by atoms with van der Waals surface area (Å²) in [7, 11) is 0. The molecule has 0 amide bonds. The highest BCUT2D eigenvalue weighted by Crippen LogP contribution is 2.45. The number of para-hydroxylation sites is 1. The summed E-state index contributed by atoms with van der Waals surface area (Å²) in [5, 5.41) is 12.6. The molecule has 0 spiro atoms. The Bertz CT molecular complexity index is 394. The van der Waals surface area contributed by atoms with Crippen molar-refractivity contribution in [2.75, 3.05) is 18.5 Å². The molecule has 3 nitrogen and oxygen atoms in total. The Morgan fingerprint density at radius 3 is 3.12 bits per heavy atom. The fourth-order valence-electron chi connectivity index (χ4n) is 3.12. The number of benzene rings is 1. The predicted octanol–water partition coefficient (Wildman–Crippen LogP) is 2.33. The van der Waals surface area contributed by atoms with Crippen LogP contribution >= 0.6 is 0 Å². The number of aliphatic hydroxyl groups excluding tert-OH is 1. The van der Waals surface area contributed by atoms with Gasteiger partial charge in [0.25, 0.3) is 0 Å². The van der Waals surface area contributed by atoms with Crippen molar-refractivity contribution in [1.82, 2.24) is 0 Å². The lowest BCUT2D eigenvalue weighted by atomic mass is 9.82. The zero-order valence-corrected chi connectivity index (χ0v) is 9.93. The average molecular weight is 233 g/mol. The number of fused-ring (bicyclic) bond motifs is 3. The van der Waals surface area contributed by atoms with Crippen LogP contribution in [-0.4, -0.2) is 24.4 Å². The fraction of sp³-hybridized carbons (Fsp3) is 0.571. The van der Waals surface area contributed by atoms with E-state index in [1.54, 1.807) is 0 Å². The van der Waals surface area contributed by atoms with Gasteiger partial charge in [-0.25, -0.2) is 0 Å². The number of ether oxygens (including phenoxy) is 1.